The first-order valence-corrected chi connectivity index (χ1v) is 9.43. The number of carbonyl (C=O) groups is 1. The summed E-state index contributed by atoms with van der Waals surface area (Å²) in [6, 6.07) is 8.90. The lowest BCUT2D eigenvalue weighted by molar-refractivity contribution is 0.0708. The third-order valence-corrected chi connectivity index (χ3v) is 5.94. The van der Waals surface area contributed by atoms with Gasteiger partial charge in [-0.25, -0.2) is 8.42 Å². The minimum absolute atomic E-state index is 0.0683. The summed E-state index contributed by atoms with van der Waals surface area (Å²) in [4.78, 5) is 14.3. The molecule has 1 saturated heterocycles. The molecule has 1 atom stereocenters. The van der Waals surface area contributed by atoms with Gasteiger partial charge in [0.25, 0.3) is 5.91 Å². The van der Waals surface area contributed by atoms with E-state index >= 15 is 0 Å². The fraction of sp³-hybridized carbons (Fsp3) is 0.375. The summed E-state index contributed by atoms with van der Waals surface area (Å²) in [6.07, 6.45) is 2.20. The normalized spacial score (nSPS) is 19.6. The second-order valence-corrected chi connectivity index (χ2v) is 7.92. The number of benzene rings is 1. The minimum Gasteiger partial charge on any atom is -0.335 e. The maximum Gasteiger partial charge on any atom is 0.254 e. The lowest BCUT2D eigenvalue weighted by Crippen LogP contribution is -2.40. The van der Waals surface area contributed by atoms with Crippen LogP contribution in [0.25, 0.3) is 11.3 Å². The fourth-order valence-corrected chi connectivity index (χ4v) is 4.69. The van der Waals surface area contributed by atoms with Crippen molar-refractivity contribution < 1.29 is 13.2 Å². The molecule has 1 aliphatic rings. The van der Waals surface area contributed by atoms with Crippen LogP contribution in [-0.2, 0) is 9.84 Å². The van der Waals surface area contributed by atoms with Gasteiger partial charge in [0.05, 0.1) is 17.2 Å². The number of nitrogens with zero attached hydrogens (tertiary/aromatic N) is 2. The molecule has 0 radical (unpaired) electrons. The Kier molecular flexibility index (Phi) is 4.21. The Bertz CT molecular complexity index is 782. The number of rotatable bonds is 4. The van der Waals surface area contributed by atoms with Crippen molar-refractivity contribution in [3.8, 4) is 11.3 Å². The largest absolute Gasteiger partial charge is 0.335 e. The molecule has 0 spiro atoms. The number of H-pyrrole nitrogens is 1. The van der Waals surface area contributed by atoms with Gasteiger partial charge in [0, 0.05) is 24.3 Å². The molecule has 122 valence electrons. The zero-order valence-corrected chi connectivity index (χ0v) is 13.7. The minimum atomic E-state index is -3.01. The molecule has 0 unspecified atom stereocenters. The molecule has 1 aromatic heterocycles. The van der Waals surface area contributed by atoms with Gasteiger partial charge in [-0.15, -0.1) is 0 Å². The van der Waals surface area contributed by atoms with Gasteiger partial charge >= 0.3 is 0 Å². The Morgan fingerprint density at radius 1 is 1.30 bits per heavy atom. The van der Waals surface area contributed by atoms with E-state index in [-0.39, 0.29) is 23.5 Å². The van der Waals surface area contributed by atoms with Gasteiger partial charge in [-0.2, -0.15) is 5.10 Å². The monoisotopic (exact) mass is 333 g/mol. The van der Waals surface area contributed by atoms with E-state index in [1.165, 1.54) is 0 Å². The maximum absolute atomic E-state index is 12.7. The summed E-state index contributed by atoms with van der Waals surface area (Å²) in [5.74, 6) is 0.115. The van der Waals surface area contributed by atoms with Crippen LogP contribution in [0.3, 0.4) is 0 Å². The van der Waals surface area contributed by atoms with E-state index in [2.05, 4.69) is 10.2 Å². The van der Waals surface area contributed by atoms with Gasteiger partial charge in [0.15, 0.2) is 9.84 Å². The highest BCUT2D eigenvalue weighted by atomic mass is 32.2. The van der Waals surface area contributed by atoms with Crippen LogP contribution in [0.4, 0.5) is 0 Å². The Hall–Kier alpha value is -2.15. The first kappa shape index (κ1) is 15.7. The van der Waals surface area contributed by atoms with Crippen LogP contribution < -0.4 is 0 Å². The predicted molar refractivity (Wildman–Crippen MR) is 87.8 cm³/mol. The fourth-order valence-electron chi connectivity index (χ4n) is 2.96. The van der Waals surface area contributed by atoms with E-state index in [1.807, 2.05) is 25.1 Å². The van der Waals surface area contributed by atoms with Crippen molar-refractivity contribution in [1.82, 2.24) is 15.1 Å². The number of hydrogen-bond donors (Lipinski definition) is 1. The number of amides is 1. The molecule has 0 saturated carbocycles. The summed E-state index contributed by atoms with van der Waals surface area (Å²) in [7, 11) is -3.01. The summed E-state index contributed by atoms with van der Waals surface area (Å²) >= 11 is 0. The maximum atomic E-state index is 12.7. The second kappa shape index (κ2) is 6.16. The molecule has 1 aromatic carbocycles. The van der Waals surface area contributed by atoms with Gasteiger partial charge < -0.3 is 4.90 Å². The van der Waals surface area contributed by atoms with Crippen molar-refractivity contribution in [2.24, 2.45) is 0 Å². The molecule has 7 heteroatoms. The van der Waals surface area contributed by atoms with E-state index in [0.29, 0.717) is 18.5 Å². The molecule has 3 rings (SSSR count). The van der Waals surface area contributed by atoms with E-state index in [1.54, 1.807) is 23.2 Å². The van der Waals surface area contributed by atoms with Gasteiger partial charge in [0.1, 0.15) is 0 Å². The van der Waals surface area contributed by atoms with E-state index in [4.69, 9.17) is 0 Å². The first-order chi connectivity index (χ1) is 11.0. The molecular weight excluding hydrogens is 314 g/mol. The van der Waals surface area contributed by atoms with E-state index in [0.717, 1.165) is 11.3 Å². The molecule has 2 heterocycles. The topological polar surface area (TPSA) is 83.1 Å². The lowest BCUT2D eigenvalue weighted by atomic mass is 10.1. The van der Waals surface area contributed by atoms with Crippen LogP contribution in [0.5, 0.6) is 0 Å². The van der Waals surface area contributed by atoms with Crippen LogP contribution in [0.1, 0.15) is 23.7 Å². The average Bonchev–Trinajstić information content (AvgIpc) is 3.18. The van der Waals surface area contributed by atoms with Gasteiger partial charge in [-0.1, -0.05) is 12.1 Å². The number of sulfone groups is 1. The standard InChI is InChI=1S/C16H19N3O3S/c1-2-19(14-8-10-23(21,22)11-14)16(20)13-5-3-12(4-6-13)15-7-9-17-18-15/h3-7,9,14H,2,8,10-11H2,1H3,(H,17,18)/t14-/m0/s1. The third kappa shape index (κ3) is 3.29. The highest BCUT2D eigenvalue weighted by molar-refractivity contribution is 7.91. The number of nitrogens with one attached hydrogen (secondary N) is 1. The first-order valence-electron chi connectivity index (χ1n) is 7.61. The van der Waals surface area contributed by atoms with Crippen LogP contribution >= 0.6 is 0 Å². The van der Waals surface area contributed by atoms with Crippen LogP contribution in [0.15, 0.2) is 36.5 Å². The van der Waals surface area contributed by atoms with Gasteiger partial charge in [-0.05, 0) is 37.1 Å². The van der Waals surface area contributed by atoms with Crippen LogP contribution in [-0.4, -0.2) is 53.5 Å². The molecule has 1 N–H and O–H groups in total. The lowest BCUT2D eigenvalue weighted by Gasteiger charge is -2.27. The van der Waals surface area contributed by atoms with E-state index < -0.39 is 9.84 Å². The van der Waals surface area contributed by atoms with Crippen LogP contribution in [0, 0.1) is 0 Å². The molecule has 2 aromatic rings. The Balaban J connectivity index is 1.78. The predicted octanol–water partition coefficient (Wildman–Crippen LogP) is 1.73. The van der Waals surface area contributed by atoms with Crippen molar-refractivity contribution in [1.29, 1.82) is 0 Å². The smallest absolute Gasteiger partial charge is 0.254 e. The molecule has 1 fully saturated rings. The highest BCUT2D eigenvalue weighted by Gasteiger charge is 2.34. The number of aromatic amines is 1. The summed E-state index contributed by atoms with van der Waals surface area (Å²) < 4.78 is 23.3. The third-order valence-electron chi connectivity index (χ3n) is 4.19. The number of carbonyl (C=O) groups excluding carboxylic acids is 1. The molecule has 6 nitrogen and oxygen atoms in total. The van der Waals surface area contributed by atoms with E-state index in [9.17, 15) is 13.2 Å². The molecule has 1 amide bonds. The summed E-state index contributed by atoms with van der Waals surface area (Å²) in [5, 5.41) is 6.78. The molecule has 0 aliphatic carbocycles. The van der Waals surface area contributed by atoms with Crippen molar-refractivity contribution in [2.75, 3.05) is 18.1 Å². The van der Waals surface area contributed by atoms with Crippen molar-refractivity contribution in [2.45, 2.75) is 19.4 Å². The Morgan fingerprint density at radius 3 is 2.57 bits per heavy atom. The number of hydrogen-bond acceptors (Lipinski definition) is 4. The van der Waals surface area contributed by atoms with Crippen molar-refractivity contribution in [3.63, 3.8) is 0 Å². The summed E-state index contributed by atoms with van der Waals surface area (Å²) in [6.45, 7) is 2.38. The Labute approximate surface area is 135 Å². The van der Waals surface area contributed by atoms with Gasteiger partial charge in [0.2, 0.25) is 0 Å². The molecule has 1 aliphatic heterocycles. The van der Waals surface area contributed by atoms with Gasteiger partial charge in [-0.3, -0.25) is 9.89 Å². The van der Waals surface area contributed by atoms with Crippen LogP contribution in [0.2, 0.25) is 0 Å². The number of aromatic nitrogens is 2. The molecule has 23 heavy (non-hydrogen) atoms. The summed E-state index contributed by atoms with van der Waals surface area (Å²) in [5.41, 5.74) is 2.41. The van der Waals surface area contributed by atoms with Crippen molar-refractivity contribution >= 4 is 15.7 Å². The quantitative estimate of drug-likeness (QED) is 0.923. The zero-order valence-electron chi connectivity index (χ0n) is 12.9. The highest BCUT2D eigenvalue weighted by Crippen LogP contribution is 2.21. The SMILES string of the molecule is CCN(C(=O)c1ccc(-c2ccn[nH]2)cc1)[C@H]1CCS(=O)(=O)C1. The van der Waals surface area contributed by atoms with Crippen molar-refractivity contribution in [3.05, 3.63) is 42.1 Å². The molecule has 0 bridgehead atoms. The second-order valence-electron chi connectivity index (χ2n) is 5.70. The molecular formula is C16H19N3O3S. The zero-order chi connectivity index (χ0) is 16.4. The average molecular weight is 333 g/mol. The Morgan fingerprint density at radius 2 is 2.04 bits per heavy atom.